The molecule has 7 heteroatoms. The quantitative estimate of drug-likeness (QED) is 0.601. The zero-order valence-corrected chi connectivity index (χ0v) is 16.8. The number of hydrogen-bond acceptors (Lipinski definition) is 5. The predicted molar refractivity (Wildman–Crippen MR) is 102 cm³/mol. The van der Waals surface area contributed by atoms with Gasteiger partial charge in [-0.2, -0.15) is 0 Å². The highest BCUT2D eigenvalue weighted by Crippen LogP contribution is 2.41. The van der Waals surface area contributed by atoms with Crippen LogP contribution in [0, 0.1) is 11.8 Å². The third-order valence-corrected chi connectivity index (χ3v) is 6.26. The molecule has 0 unspecified atom stereocenters. The number of methoxy groups -OCH3 is 1. The van der Waals surface area contributed by atoms with Crippen LogP contribution in [0.15, 0.2) is 0 Å². The molecular formula is C20H35N3O4. The highest BCUT2D eigenvalue weighted by atomic mass is 16.5. The number of likely N-dealkylation sites (tertiary alicyclic amines) is 2. The molecule has 154 valence electrons. The molecule has 3 heterocycles. The summed E-state index contributed by atoms with van der Waals surface area (Å²) in [5.74, 6) is 0.853. The van der Waals surface area contributed by atoms with Crippen molar-refractivity contribution in [2.45, 2.75) is 51.2 Å². The maximum atomic E-state index is 12.7. The summed E-state index contributed by atoms with van der Waals surface area (Å²) in [6.07, 6.45) is 4.22. The number of ether oxygens (including phenoxy) is 2. The number of nitrogens with zero attached hydrogens (tertiary/aromatic N) is 2. The van der Waals surface area contributed by atoms with Gasteiger partial charge in [-0.05, 0) is 31.7 Å². The van der Waals surface area contributed by atoms with Crippen molar-refractivity contribution in [3.05, 3.63) is 0 Å². The molecule has 0 aliphatic carbocycles. The van der Waals surface area contributed by atoms with Crippen molar-refractivity contribution >= 4 is 11.8 Å². The Labute approximate surface area is 162 Å². The van der Waals surface area contributed by atoms with Crippen LogP contribution in [0.25, 0.3) is 0 Å². The van der Waals surface area contributed by atoms with Gasteiger partial charge < -0.3 is 19.7 Å². The van der Waals surface area contributed by atoms with E-state index in [0.717, 1.165) is 45.4 Å². The molecule has 0 radical (unpaired) electrons. The largest absolute Gasteiger partial charge is 0.383 e. The number of hydrogen-bond donors (Lipinski definition) is 1. The lowest BCUT2D eigenvalue weighted by molar-refractivity contribution is -0.131. The maximum absolute atomic E-state index is 12.7. The topological polar surface area (TPSA) is 71.1 Å². The Morgan fingerprint density at radius 2 is 2.00 bits per heavy atom. The molecule has 0 saturated carbocycles. The van der Waals surface area contributed by atoms with Crippen LogP contribution in [0.5, 0.6) is 0 Å². The number of amides is 2. The summed E-state index contributed by atoms with van der Waals surface area (Å²) in [7, 11) is 1.62. The highest BCUT2D eigenvalue weighted by Gasteiger charge is 2.51. The molecule has 0 aromatic heterocycles. The average molecular weight is 382 g/mol. The maximum Gasteiger partial charge on any atom is 0.222 e. The van der Waals surface area contributed by atoms with Gasteiger partial charge in [-0.1, -0.05) is 6.92 Å². The molecule has 3 saturated heterocycles. The van der Waals surface area contributed by atoms with E-state index in [1.807, 2.05) is 4.90 Å². The molecule has 7 nitrogen and oxygen atoms in total. The Bertz CT molecular complexity index is 509. The Kier molecular flexibility index (Phi) is 7.49. The molecule has 3 aliphatic rings. The van der Waals surface area contributed by atoms with E-state index >= 15 is 0 Å². The van der Waals surface area contributed by atoms with Gasteiger partial charge in [0.05, 0.1) is 25.7 Å². The molecule has 0 aromatic rings. The van der Waals surface area contributed by atoms with Gasteiger partial charge in [-0.3, -0.25) is 14.5 Å². The van der Waals surface area contributed by atoms with Crippen LogP contribution < -0.4 is 5.32 Å². The number of carbonyl (C=O) groups excluding carboxylic acids is 2. The molecule has 2 amide bonds. The van der Waals surface area contributed by atoms with E-state index in [1.54, 1.807) is 7.11 Å². The van der Waals surface area contributed by atoms with Crippen LogP contribution in [0.1, 0.15) is 39.0 Å². The first kappa shape index (κ1) is 20.6. The highest BCUT2D eigenvalue weighted by molar-refractivity contribution is 5.77. The van der Waals surface area contributed by atoms with Crippen molar-refractivity contribution in [2.75, 3.05) is 53.0 Å². The second-order valence-electron chi connectivity index (χ2n) is 8.11. The summed E-state index contributed by atoms with van der Waals surface area (Å²) >= 11 is 0. The fourth-order valence-corrected chi connectivity index (χ4v) is 5.02. The van der Waals surface area contributed by atoms with Gasteiger partial charge in [0.2, 0.25) is 11.8 Å². The number of nitrogens with one attached hydrogen (secondary N) is 1. The van der Waals surface area contributed by atoms with Crippen molar-refractivity contribution in [1.29, 1.82) is 0 Å². The number of fused-ring (bicyclic) bond motifs is 1. The van der Waals surface area contributed by atoms with E-state index in [9.17, 15) is 9.59 Å². The fraction of sp³-hybridized carbons (Fsp3) is 0.900. The molecule has 3 rings (SSSR count). The first-order valence-electron chi connectivity index (χ1n) is 10.5. The van der Waals surface area contributed by atoms with Gasteiger partial charge in [-0.25, -0.2) is 0 Å². The zero-order chi connectivity index (χ0) is 19.2. The van der Waals surface area contributed by atoms with Gasteiger partial charge in [0.25, 0.3) is 0 Å². The fourth-order valence-electron chi connectivity index (χ4n) is 5.02. The van der Waals surface area contributed by atoms with Crippen LogP contribution in [0.4, 0.5) is 0 Å². The minimum Gasteiger partial charge on any atom is -0.383 e. The molecular weight excluding hydrogens is 346 g/mol. The van der Waals surface area contributed by atoms with Crippen LogP contribution in [0.3, 0.4) is 0 Å². The lowest BCUT2D eigenvalue weighted by atomic mass is 9.84. The van der Waals surface area contributed by atoms with Crippen LogP contribution >= 0.6 is 0 Å². The van der Waals surface area contributed by atoms with Gasteiger partial charge in [0.15, 0.2) is 0 Å². The summed E-state index contributed by atoms with van der Waals surface area (Å²) in [5, 5.41) is 2.89. The Morgan fingerprint density at radius 1 is 1.22 bits per heavy atom. The lowest BCUT2D eigenvalue weighted by Gasteiger charge is -2.24. The molecule has 27 heavy (non-hydrogen) atoms. The lowest BCUT2D eigenvalue weighted by Crippen LogP contribution is -2.37. The van der Waals surface area contributed by atoms with E-state index < -0.39 is 0 Å². The van der Waals surface area contributed by atoms with Gasteiger partial charge in [0.1, 0.15) is 0 Å². The van der Waals surface area contributed by atoms with Gasteiger partial charge >= 0.3 is 0 Å². The average Bonchev–Trinajstić information content (AvgIpc) is 3.36. The summed E-state index contributed by atoms with van der Waals surface area (Å²) in [4.78, 5) is 29.5. The molecule has 3 fully saturated rings. The molecule has 3 aliphatic heterocycles. The minimum absolute atomic E-state index is 0.0104. The SMILES string of the molecule is CCCN1C[C@@H](CC(=O)N2CCCC2)[C@H]2[C@H](CC(=O)NCCOC)OC[C@H]21. The minimum atomic E-state index is -0.0872. The first-order chi connectivity index (χ1) is 13.1. The molecule has 0 spiro atoms. The van der Waals surface area contributed by atoms with Crippen molar-refractivity contribution in [3.63, 3.8) is 0 Å². The van der Waals surface area contributed by atoms with E-state index in [-0.39, 0.29) is 29.8 Å². The van der Waals surface area contributed by atoms with E-state index in [1.165, 1.54) is 0 Å². The summed E-state index contributed by atoms with van der Waals surface area (Å²) < 4.78 is 11.0. The van der Waals surface area contributed by atoms with Crippen LogP contribution in [-0.4, -0.2) is 86.8 Å². The third-order valence-electron chi connectivity index (χ3n) is 6.26. The molecule has 0 bridgehead atoms. The molecule has 4 atom stereocenters. The number of rotatable bonds is 9. The summed E-state index contributed by atoms with van der Waals surface area (Å²) in [6.45, 7) is 7.69. The van der Waals surface area contributed by atoms with Crippen molar-refractivity contribution < 1.29 is 19.1 Å². The second kappa shape index (κ2) is 9.85. The van der Waals surface area contributed by atoms with E-state index in [4.69, 9.17) is 9.47 Å². The smallest absolute Gasteiger partial charge is 0.222 e. The Balaban J connectivity index is 1.61. The van der Waals surface area contributed by atoms with Crippen LogP contribution in [-0.2, 0) is 19.1 Å². The van der Waals surface area contributed by atoms with Crippen molar-refractivity contribution in [2.24, 2.45) is 11.8 Å². The van der Waals surface area contributed by atoms with E-state index in [0.29, 0.717) is 38.6 Å². The molecule has 1 N–H and O–H groups in total. The van der Waals surface area contributed by atoms with Gasteiger partial charge in [0, 0.05) is 51.7 Å². The molecule has 0 aromatic carbocycles. The van der Waals surface area contributed by atoms with Crippen molar-refractivity contribution in [1.82, 2.24) is 15.1 Å². The van der Waals surface area contributed by atoms with Gasteiger partial charge in [-0.15, -0.1) is 0 Å². The monoisotopic (exact) mass is 381 g/mol. The normalized spacial score (nSPS) is 30.7. The second-order valence-corrected chi connectivity index (χ2v) is 8.11. The van der Waals surface area contributed by atoms with Crippen LogP contribution in [0.2, 0.25) is 0 Å². The third kappa shape index (κ3) is 5.00. The standard InChI is InChI=1S/C20H35N3O4/c1-3-7-23-13-15(11-19(25)22-8-4-5-9-22)20-16(23)14-27-17(20)12-18(24)21-6-10-26-2/h15-17,20H,3-14H2,1-2H3,(H,21,24)/t15-,16-,17+,20-/m1/s1. The summed E-state index contributed by atoms with van der Waals surface area (Å²) in [6, 6.07) is 0.345. The zero-order valence-electron chi connectivity index (χ0n) is 16.8. The Hall–Kier alpha value is -1.18. The Morgan fingerprint density at radius 3 is 2.70 bits per heavy atom. The predicted octanol–water partition coefficient (Wildman–Crippen LogP) is 0.877. The first-order valence-corrected chi connectivity index (χ1v) is 10.5. The van der Waals surface area contributed by atoms with Crippen molar-refractivity contribution in [3.8, 4) is 0 Å². The number of carbonyl (C=O) groups is 2. The summed E-state index contributed by atoms with van der Waals surface area (Å²) in [5.41, 5.74) is 0. The van der Waals surface area contributed by atoms with E-state index in [2.05, 4.69) is 17.1 Å².